The van der Waals surface area contributed by atoms with E-state index in [0.29, 0.717) is 19.3 Å². The molecule has 0 fully saturated rings. The van der Waals surface area contributed by atoms with Crippen LogP contribution < -0.4 is 0 Å². The van der Waals surface area contributed by atoms with E-state index >= 15 is 0 Å². The molecule has 0 aliphatic carbocycles. The van der Waals surface area contributed by atoms with Crippen LogP contribution in [0.4, 0.5) is 0 Å². The smallest absolute Gasteiger partial charge is 0.306 e. The van der Waals surface area contributed by atoms with Crippen LogP contribution in [0.5, 0.6) is 0 Å². The fraction of sp³-hybridized carbons (Fsp3) is 0.714. The molecule has 39 heavy (non-hydrogen) atoms. The van der Waals surface area contributed by atoms with Gasteiger partial charge in [-0.05, 0) is 64.2 Å². The Bertz CT molecular complexity index is 674. The molecule has 4 nitrogen and oxygen atoms in total. The second kappa shape index (κ2) is 30.4. The van der Waals surface area contributed by atoms with E-state index in [1.165, 1.54) is 57.8 Å². The van der Waals surface area contributed by atoms with E-state index in [4.69, 9.17) is 9.84 Å². The molecule has 1 unspecified atom stereocenters. The van der Waals surface area contributed by atoms with Crippen LogP contribution in [0.15, 0.2) is 48.6 Å². The Hall–Kier alpha value is -2.10. The maximum atomic E-state index is 12.2. The van der Waals surface area contributed by atoms with Gasteiger partial charge in [-0.1, -0.05) is 127 Å². The van der Waals surface area contributed by atoms with Crippen molar-refractivity contribution < 1.29 is 19.4 Å². The van der Waals surface area contributed by atoms with Gasteiger partial charge < -0.3 is 9.84 Å². The number of carbonyl (C=O) groups excluding carboxylic acids is 1. The lowest BCUT2D eigenvalue weighted by Crippen LogP contribution is -2.18. The molecule has 0 aromatic rings. The van der Waals surface area contributed by atoms with Crippen LogP contribution in [0, 0.1) is 0 Å². The Balaban J connectivity index is 3.53. The summed E-state index contributed by atoms with van der Waals surface area (Å²) in [6, 6.07) is 0. The number of unbranched alkanes of at least 4 members (excludes halogenated alkanes) is 11. The number of hydrogen-bond acceptors (Lipinski definition) is 3. The van der Waals surface area contributed by atoms with E-state index in [1.807, 2.05) is 0 Å². The number of allylic oxidation sites excluding steroid dienone is 8. The van der Waals surface area contributed by atoms with Crippen LogP contribution in [0.1, 0.15) is 155 Å². The van der Waals surface area contributed by atoms with Gasteiger partial charge in [0.1, 0.15) is 6.10 Å². The number of carboxylic acid groups (broad SMARTS) is 1. The predicted octanol–water partition coefficient (Wildman–Crippen LogP) is 10.8. The first kappa shape index (κ1) is 36.9. The van der Waals surface area contributed by atoms with E-state index < -0.39 is 5.97 Å². The summed E-state index contributed by atoms with van der Waals surface area (Å²) < 4.78 is 5.64. The summed E-state index contributed by atoms with van der Waals surface area (Å²) in [6.07, 6.45) is 40.4. The molecule has 0 bridgehead atoms. The van der Waals surface area contributed by atoms with Gasteiger partial charge in [0.15, 0.2) is 0 Å². The van der Waals surface area contributed by atoms with E-state index in [0.717, 1.165) is 57.8 Å². The molecule has 0 aliphatic heterocycles. The van der Waals surface area contributed by atoms with Gasteiger partial charge in [0.25, 0.3) is 0 Å². The first-order valence-corrected chi connectivity index (χ1v) is 16.1. The number of esters is 1. The zero-order chi connectivity index (χ0) is 28.7. The number of hydrogen-bond donors (Lipinski definition) is 1. The van der Waals surface area contributed by atoms with Crippen LogP contribution in [0.25, 0.3) is 0 Å². The van der Waals surface area contributed by atoms with Crippen LogP contribution in [0.3, 0.4) is 0 Å². The highest BCUT2D eigenvalue weighted by Crippen LogP contribution is 2.16. The predicted molar refractivity (Wildman–Crippen MR) is 167 cm³/mol. The van der Waals surface area contributed by atoms with E-state index in [-0.39, 0.29) is 18.5 Å². The minimum atomic E-state index is -0.784. The third-order valence-electron chi connectivity index (χ3n) is 6.82. The molecule has 1 atom stereocenters. The maximum Gasteiger partial charge on any atom is 0.306 e. The van der Waals surface area contributed by atoms with E-state index in [1.54, 1.807) is 0 Å². The van der Waals surface area contributed by atoms with E-state index in [9.17, 15) is 9.59 Å². The van der Waals surface area contributed by atoms with Crippen molar-refractivity contribution in [3.05, 3.63) is 48.6 Å². The van der Waals surface area contributed by atoms with Crippen molar-refractivity contribution in [2.24, 2.45) is 0 Å². The Labute approximate surface area is 241 Å². The Kier molecular flexibility index (Phi) is 28.8. The Morgan fingerprint density at radius 3 is 1.62 bits per heavy atom. The van der Waals surface area contributed by atoms with Crippen molar-refractivity contribution in [2.45, 2.75) is 161 Å². The molecule has 0 saturated carbocycles. The van der Waals surface area contributed by atoms with E-state index in [2.05, 4.69) is 62.5 Å². The van der Waals surface area contributed by atoms with Crippen LogP contribution in [-0.2, 0) is 14.3 Å². The molecule has 0 radical (unpaired) electrons. The average Bonchev–Trinajstić information content (AvgIpc) is 2.91. The summed E-state index contributed by atoms with van der Waals surface area (Å²) in [5.74, 6) is -0.898. The fourth-order valence-corrected chi connectivity index (χ4v) is 4.46. The first-order valence-electron chi connectivity index (χ1n) is 16.1. The van der Waals surface area contributed by atoms with Gasteiger partial charge in [-0.25, -0.2) is 0 Å². The number of aliphatic carboxylic acids is 1. The molecule has 0 heterocycles. The minimum absolute atomic E-state index is 0.114. The van der Waals surface area contributed by atoms with Crippen molar-refractivity contribution in [1.29, 1.82) is 0 Å². The third kappa shape index (κ3) is 30.3. The molecule has 0 spiro atoms. The van der Waals surface area contributed by atoms with Gasteiger partial charge in [0.05, 0.1) is 0 Å². The number of ether oxygens (including phenoxy) is 1. The fourth-order valence-electron chi connectivity index (χ4n) is 4.46. The van der Waals surface area contributed by atoms with Gasteiger partial charge in [-0.2, -0.15) is 0 Å². The highest BCUT2D eigenvalue weighted by atomic mass is 16.5. The van der Waals surface area contributed by atoms with Gasteiger partial charge in [0, 0.05) is 12.8 Å². The number of carboxylic acids is 1. The first-order chi connectivity index (χ1) is 19.1. The van der Waals surface area contributed by atoms with Gasteiger partial charge in [0.2, 0.25) is 0 Å². The molecule has 0 amide bonds. The molecule has 0 rings (SSSR count). The third-order valence-corrected chi connectivity index (χ3v) is 6.82. The molecular formula is C35H60O4. The molecule has 1 N–H and O–H groups in total. The summed E-state index contributed by atoms with van der Waals surface area (Å²) in [7, 11) is 0. The number of rotatable bonds is 28. The summed E-state index contributed by atoms with van der Waals surface area (Å²) in [5, 5.41) is 8.81. The van der Waals surface area contributed by atoms with Crippen LogP contribution >= 0.6 is 0 Å². The van der Waals surface area contributed by atoms with Crippen molar-refractivity contribution in [3.63, 3.8) is 0 Å². The Morgan fingerprint density at radius 1 is 0.590 bits per heavy atom. The molecule has 224 valence electrons. The minimum Gasteiger partial charge on any atom is -0.481 e. The second-order valence-electron chi connectivity index (χ2n) is 10.6. The maximum absolute atomic E-state index is 12.2. The van der Waals surface area contributed by atoms with Gasteiger partial charge >= 0.3 is 11.9 Å². The summed E-state index contributed by atoms with van der Waals surface area (Å²) in [4.78, 5) is 22.9. The van der Waals surface area contributed by atoms with Gasteiger partial charge in [-0.3, -0.25) is 9.59 Å². The lowest BCUT2D eigenvalue weighted by molar-refractivity contribution is -0.150. The lowest BCUT2D eigenvalue weighted by atomic mass is 10.0. The second-order valence-corrected chi connectivity index (χ2v) is 10.6. The SMILES string of the molecule is CC/C=C\C/C=C\C/C=C\C/C=C\CCCCCCCCCCCCC(=O)OC(CCCC)CCCC(=O)O. The molecule has 0 saturated heterocycles. The summed E-state index contributed by atoms with van der Waals surface area (Å²) >= 11 is 0. The summed E-state index contributed by atoms with van der Waals surface area (Å²) in [5.41, 5.74) is 0. The topological polar surface area (TPSA) is 63.6 Å². The quantitative estimate of drug-likeness (QED) is 0.0604. The zero-order valence-electron chi connectivity index (χ0n) is 25.4. The summed E-state index contributed by atoms with van der Waals surface area (Å²) in [6.45, 7) is 4.28. The molecule has 0 aromatic carbocycles. The monoisotopic (exact) mass is 544 g/mol. The van der Waals surface area contributed by atoms with Gasteiger partial charge in [-0.15, -0.1) is 0 Å². The van der Waals surface area contributed by atoms with Crippen molar-refractivity contribution in [1.82, 2.24) is 0 Å². The largest absolute Gasteiger partial charge is 0.481 e. The van der Waals surface area contributed by atoms with Crippen LogP contribution in [-0.4, -0.2) is 23.1 Å². The lowest BCUT2D eigenvalue weighted by Gasteiger charge is -2.17. The van der Waals surface area contributed by atoms with Crippen molar-refractivity contribution in [3.8, 4) is 0 Å². The highest BCUT2D eigenvalue weighted by Gasteiger charge is 2.14. The molecule has 4 heteroatoms. The Morgan fingerprint density at radius 2 is 1.08 bits per heavy atom. The molecule has 0 aromatic heterocycles. The zero-order valence-corrected chi connectivity index (χ0v) is 25.4. The van der Waals surface area contributed by atoms with Crippen LogP contribution in [0.2, 0.25) is 0 Å². The number of carbonyl (C=O) groups is 2. The molecule has 0 aliphatic rings. The van der Waals surface area contributed by atoms with Crippen molar-refractivity contribution in [2.75, 3.05) is 0 Å². The average molecular weight is 545 g/mol. The molecular weight excluding hydrogens is 484 g/mol. The normalized spacial score (nSPS) is 12.9. The highest BCUT2D eigenvalue weighted by molar-refractivity contribution is 5.69. The van der Waals surface area contributed by atoms with Crippen molar-refractivity contribution >= 4 is 11.9 Å². The standard InChI is InChI=1S/C35H60O4/c1-3-5-7-8-9-10-11-12-13-14-15-16-17-18-19-20-21-22-23-24-25-26-27-32-35(38)39-33(29-6-4-2)30-28-31-34(36)37/h5,7,9-10,12-13,15-16,33H,3-4,6,8,11,14,17-32H2,1-2H3,(H,36,37)/b7-5-,10-9-,13-12-,16-15-.